The van der Waals surface area contributed by atoms with Crippen LogP contribution in [0.5, 0.6) is 5.75 Å². The number of aliphatic imine (C=N–C) groups is 1. The molecule has 0 fully saturated rings. The average molecular weight is 543 g/mol. The Hall–Kier alpha value is -1.07. The van der Waals surface area contributed by atoms with Gasteiger partial charge in [0.2, 0.25) is 5.91 Å². The van der Waals surface area contributed by atoms with Crippen molar-refractivity contribution in [3.05, 3.63) is 28.7 Å². The number of amides is 1. The van der Waals surface area contributed by atoms with Gasteiger partial charge in [-0.15, -0.1) is 24.0 Å². The second kappa shape index (κ2) is 15.0. The maximum absolute atomic E-state index is 11.7. The molecule has 0 aliphatic carbocycles. The van der Waals surface area contributed by atoms with Crippen molar-refractivity contribution in [3.63, 3.8) is 0 Å². The van der Waals surface area contributed by atoms with E-state index in [1.165, 1.54) is 0 Å². The molecule has 1 amide bonds. The van der Waals surface area contributed by atoms with E-state index >= 15 is 0 Å². The van der Waals surface area contributed by atoms with Crippen LogP contribution in [-0.2, 0) is 9.53 Å². The van der Waals surface area contributed by atoms with Crippen LogP contribution in [-0.4, -0.2) is 57.9 Å². The van der Waals surface area contributed by atoms with Crippen LogP contribution in [0.15, 0.2) is 33.7 Å². The van der Waals surface area contributed by atoms with Crippen LogP contribution >= 0.6 is 39.9 Å². The highest BCUT2D eigenvalue weighted by Crippen LogP contribution is 2.24. The summed E-state index contributed by atoms with van der Waals surface area (Å²) in [6.45, 7) is 6.21. The van der Waals surface area contributed by atoms with Crippen molar-refractivity contribution in [1.82, 2.24) is 16.0 Å². The monoisotopic (exact) mass is 542 g/mol. The number of rotatable bonds is 10. The molecule has 7 nitrogen and oxygen atoms in total. The van der Waals surface area contributed by atoms with Crippen molar-refractivity contribution < 1.29 is 14.3 Å². The standard InChI is InChI=1S/C17H27BrN4O3.HI/c1-4-19-17(22-12-16(23)20-9-10-24-3)21-11-13(2)25-15-8-6-5-7-14(15)18;/h5-8,13H,4,9-12H2,1-3H3,(H,20,23)(H2,19,21,22);1H. The minimum atomic E-state index is -0.147. The van der Waals surface area contributed by atoms with Gasteiger partial charge in [0, 0.05) is 20.2 Å². The normalized spacial score (nSPS) is 11.9. The molecule has 26 heavy (non-hydrogen) atoms. The number of carbonyl (C=O) groups is 1. The summed E-state index contributed by atoms with van der Waals surface area (Å²) in [5.41, 5.74) is 0. The van der Waals surface area contributed by atoms with Crippen LogP contribution < -0.4 is 20.7 Å². The zero-order chi connectivity index (χ0) is 18.5. The van der Waals surface area contributed by atoms with Crippen LogP contribution in [0.4, 0.5) is 0 Å². The van der Waals surface area contributed by atoms with Crippen molar-refractivity contribution >= 4 is 51.8 Å². The van der Waals surface area contributed by atoms with Crippen molar-refractivity contribution in [2.24, 2.45) is 4.99 Å². The molecule has 0 aliphatic heterocycles. The molecule has 1 aromatic carbocycles. The van der Waals surface area contributed by atoms with Gasteiger partial charge >= 0.3 is 0 Å². The fourth-order valence-corrected chi connectivity index (χ4v) is 2.26. The lowest BCUT2D eigenvalue weighted by Crippen LogP contribution is -2.42. The number of ether oxygens (including phenoxy) is 2. The Balaban J connectivity index is 0.00000625. The highest BCUT2D eigenvalue weighted by Gasteiger charge is 2.08. The van der Waals surface area contributed by atoms with Gasteiger partial charge in [0.25, 0.3) is 0 Å². The fourth-order valence-electron chi connectivity index (χ4n) is 1.88. The zero-order valence-electron chi connectivity index (χ0n) is 15.4. The van der Waals surface area contributed by atoms with Gasteiger partial charge in [-0.2, -0.15) is 0 Å². The first-order chi connectivity index (χ1) is 12.1. The van der Waals surface area contributed by atoms with E-state index in [1.54, 1.807) is 7.11 Å². The molecule has 0 aromatic heterocycles. The lowest BCUT2D eigenvalue weighted by Gasteiger charge is -2.18. The van der Waals surface area contributed by atoms with Gasteiger partial charge < -0.3 is 25.4 Å². The van der Waals surface area contributed by atoms with Gasteiger partial charge in [-0.3, -0.25) is 4.79 Å². The lowest BCUT2D eigenvalue weighted by molar-refractivity contribution is -0.119. The molecule has 0 aliphatic rings. The maximum atomic E-state index is 11.7. The summed E-state index contributed by atoms with van der Waals surface area (Å²) < 4.78 is 11.7. The number of hydrogen-bond acceptors (Lipinski definition) is 4. The first-order valence-corrected chi connectivity index (χ1v) is 9.05. The Morgan fingerprint density at radius 3 is 2.65 bits per heavy atom. The van der Waals surface area contributed by atoms with E-state index in [9.17, 15) is 4.79 Å². The van der Waals surface area contributed by atoms with Crippen molar-refractivity contribution in [1.29, 1.82) is 0 Å². The molecule has 3 N–H and O–H groups in total. The summed E-state index contributed by atoms with van der Waals surface area (Å²) in [5, 5.41) is 9.01. The molecule has 148 valence electrons. The summed E-state index contributed by atoms with van der Waals surface area (Å²) in [7, 11) is 1.59. The molecular weight excluding hydrogens is 515 g/mol. The summed E-state index contributed by atoms with van der Waals surface area (Å²) in [5.74, 6) is 1.22. The quantitative estimate of drug-likeness (QED) is 0.183. The van der Waals surface area contributed by atoms with Gasteiger partial charge in [0.1, 0.15) is 18.4 Å². The Labute approximate surface area is 180 Å². The SMILES string of the molecule is CCNC(=NCC(=O)NCCOC)NCC(C)Oc1ccccc1Br.I. The van der Waals surface area contributed by atoms with Crippen LogP contribution in [0, 0.1) is 0 Å². The first-order valence-electron chi connectivity index (χ1n) is 8.25. The summed E-state index contributed by atoms with van der Waals surface area (Å²) in [6.07, 6.45) is -0.0712. The molecule has 0 radical (unpaired) electrons. The molecule has 1 aromatic rings. The summed E-state index contributed by atoms with van der Waals surface area (Å²) in [4.78, 5) is 15.9. The Morgan fingerprint density at radius 1 is 1.27 bits per heavy atom. The van der Waals surface area contributed by atoms with Gasteiger partial charge in [-0.05, 0) is 41.9 Å². The average Bonchev–Trinajstić information content (AvgIpc) is 2.59. The molecule has 0 heterocycles. The third kappa shape index (κ3) is 10.8. The number of carbonyl (C=O) groups excluding carboxylic acids is 1. The Kier molecular flexibility index (Phi) is 14.4. The smallest absolute Gasteiger partial charge is 0.241 e. The van der Waals surface area contributed by atoms with E-state index in [-0.39, 0.29) is 42.5 Å². The molecule has 1 atom stereocenters. The molecule has 0 spiro atoms. The van der Waals surface area contributed by atoms with Gasteiger partial charge in [0.15, 0.2) is 5.96 Å². The first kappa shape index (κ1) is 24.9. The number of hydrogen-bond donors (Lipinski definition) is 3. The number of methoxy groups -OCH3 is 1. The molecule has 1 unspecified atom stereocenters. The number of guanidine groups is 1. The predicted molar refractivity (Wildman–Crippen MR) is 119 cm³/mol. The molecule has 0 saturated carbocycles. The van der Waals surface area contributed by atoms with E-state index < -0.39 is 0 Å². The highest BCUT2D eigenvalue weighted by atomic mass is 127. The minimum Gasteiger partial charge on any atom is -0.488 e. The van der Waals surface area contributed by atoms with Crippen LogP contribution in [0.3, 0.4) is 0 Å². The van der Waals surface area contributed by atoms with Gasteiger partial charge in [-0.25, -0.2) is 4.99 Å². The molecule has 1 rings (SSSR count). The topological polar surface area (TPSA) is 84.0 Å². The molecule has 9 heteroatoms. The number of nitrogens with zero attached hydrogens (tertiary/aromatic N) is 1. The highest BCUT2D eigenvalue weighted by molar-refractivity contribution is 14.0. The van der Waals surface area contributed by atoms with Gasteiger partial charge in [-0.1, -0.05) is 12.1 Å². The Morgan fingerprint density at radius 2 is 2.00 bits per heavy atom. The number of benzene rings is 1. The van der Waals surface area contributed by atoms with E-state index in [1.807, 2.05) is 38.1 Å². The van der Waals surface area contributed by atoms with E-state index in [0.717, 1.165) is 10.2 Å². The molecule has 0 saturated heterocycles. The zero-order valence-corrected chi connectivity index (χ0v) is 19.3. The Bertz CT molecular complexity index is 561. The van der Waals surface area contributed by atoms with E-state index in [2.05, 4.69) is 36.9 Å². The van der Waals surface area contributed by atoms with Crippen molar-refractivity contribution in [3.8, 4) is 5.75 Å². The van der Waals surface area contributed by atoms with Crippen molar-refractivity contribution in [2.75, 3.05) is 39.9 Å². The van der Waals surface area contributed by atoms with E-state index in [0.29, 0.717) is 32.2 Å². The maximum Gasteiger partial charge on any atom is 0.241 e. The van der Waals surface area contributed by atoms with Crippen LogP contribution in [0.1, 0.15) is 13.8 Å². The molecule has 0 bridgehead atoms. The van der Waals surface area contributed by atoms with Gasteiger partial charge in [0.05, 0.1) is 17.6 Å². The van der Waals surface area contributed by atoms with Crippen LogP contribution in [0.2, 0.25) is 0 Å². The predicted octanol–water partition coefficient (Wildman–Crippen LogP) is 2.15. The summed E-state index contributed by atoms with van der Waals surface area (Å²) >= 11 is 3.46. The second-order valence-electron chi connectivity index (χ2n) is 5.28. The lowest BCUT2D eigenvalue weighted by atomic mass is 10.3. The minimum absolute atomic E-state index is 0. The third-order valence-corrected chi connectivity index (χ3v) is 3.73. The fraction of sp³-hybridized carbons (Fsp3) is 0.529. The third-order valence-electron chi connectivity index (χ3n) is 3.08. The molecular formula is C17H28BrIN4O3. The summed E-state index contributed by atoms with van der Waals surface area (Å²) in [6, 6.07) is 7.70. The second-order valence-corrected chi connectivity index (χ2v) is 6.13. The number of halogens is 2. The number of nitrogens with one attached hydrogen (secondary N) is 3. The number of para-hydroxylation sites is 1. The van der Waals surface area contributed by atoms with E-state index in [4.69, 9.17) is 9.47 Å². The largest absolute Gasteiger partial charge is 0.488 e. The van der Waals surface area contributed by atoms with Crippen LogP contribution in [0.25, 0.3) is 0 Å². The van der Waals surface area contributed by atoms with Crippen molar-refractivity contribution in [2.45, 2.75) is 20.0 Å².